The largest absolute Gasteiger partial charge is 0.310 e. The molecule has 13 rings (SSSR count). The van der Waals surface area contributed by atoms with Crippen molar-refractivity contribution in [1.82, 2.24) is 0 Å². The second-order valence-corrected chi connectivity index (χ2v) is 18.6. The summed E-state index contributed by atoms with van der Waals surface area (Å²) in [7, 11) is 0. The smallest absolute Gasteiger partial charge is 0.0737 e. The predicted octanol–water partition coefficient (Wildman–Crippen LogP) is 17.7. The van der Waals surface area contributed by atoms with Crippen LogP contribution in [0.3, 0.4) is 0 Å². The fourth-order valence-electron chi connectivity index (χ4n) is 11.7. The van der Waals surface area contributed by atoms with Gasteiger partial charge in [0.2, 0.25) is 0 Å². The van der Waals surface area contributed by atoms with Crippen LogP contribution in [0.2, 0.25) is 0 Å². The average molecular weight is 857 g/mol. The molecule has 0 heterocycles. The van der Waals surface area contributed by atoms with E-state index in [1.807, 2.05) is 0 Å². The van der Waals surface area contributed by atoms with E-state index in [2.05, 4.69) is 256 Å². The highest BCUT2D eigenvalue weighted by atomic mass is 15.1. The second kappa shape index (κ2) is 14.9. The van der Waals surface area contributed by atoms with Crippen molar-refractivity contribution < 1.29 is 0 Å². The van der Waals surface area contributed by atoms with E-state index in [4.69, 9.17) is 0 Å². The van der Waals surface area contributed by atoms with Crippen molar-refractivity contribution in [1.29, 1.82) is 0 Å². The molecule has 1 spiro atoms. The van der Waals surface area contributed by atoms with Crippen molar-refractivity contribution in [2.75, 3.05) is 9.80 Å². The van der Waals surface area contributed by atoms with Crippen molar-refractivity contribution >= 4 is 66.4 Å². The quantitative estimate of drug-likeness (QED) is 0.154. The number of anilines is 6. The standard InChI is InChI=1S/C65H48N2/c1-41-27-30-48(37-43(41)3)66(46-17-7-5-8-18-46)50-32-35-52-45(39-50)29-34-58-62-56-24-12-11-21-53(56)59-40-51(67(47-19-9-6-10-20-47)49-31-28-42(2)44(4)38-49)33-36-57(59)64(62)65(63(52)58)60-25-15-13-22-54(60)55-23-14-16-26-61(55)65/h5-40H,1-4H3. The van der Waals surface area contributed by atoms with Gasteiger partial charge in [0.15, 0.2) is 0 Å². The third-order valence-corrected chi connectivity index (χ3v) is 15.0. The molecule has 2 heteroatoms. The minimum Gasteiger partial charge on any atom is -0.310 e. The fraction of sp³-hybridized carbons (Fsp3) is 0.0769. The highest BCUT2D eigenvalue weighted by molar-refractivity contribution is 6.22. The van der Waals surface area contributed by atoms with Crippen LogP contribution < -0.4 is 9.80 Å². The molecular weight excluding hydrogens is 809 g/mol. The van der Waals surface area contributed by atoms with Gasteiger partial charge in [-0.15, -0.1) is 0 Å². The van der Waals surface area contributed by atoms with Gasteiger partial charge in [-0.1, -0.05) is 146 Å². The molecule has 2 aliphatic carbocycles. The number of fused-ring (bicyclic) bond motifs is 17. The van der Waals surface area contributed by atoms with Crippen LogP contribution in [-0.4, -0.2) is 0 Å². The third kappa shape index (κ3) is 5.69. The van der Waals surface area contributed by atoms with E-state index in [0.717, 1.165) is 34.1 Å². The van der Waals surface area contributed by atoms with Gasteiger partial charge in [0.1, 0.15) is 0 Å². The maximum Gasteiger partial charge on any atom is 0.0737 e. The Balaban J connectivity index is 1.12. The molecule has 67 heavy (non-hydrogen) atoms. The van der Waals surface area contributed by atoms with E-state index in [1.165, 1.54) is 99.1 Å². The summed E-state index contributed by atoms with van der Waals surface area (Å²) in [6, 6.07) is 82.0. The SMILES string of the molecule is Cc1ccc(N(c2ccccc2)c2ccc3c4c(ccc3c2)-c2c(c3ccc(N(c5ccccc5)c5ccc(C)c(C)c5)cc3c3ccccc23)C42c3ccccc3-c3ccccc32)cc1C. The zero-order valence-electron chi connectivity index (χ0n) is 38.2. The van der Waals surface area contributed by atoms with Gasteiger partial charge < -0.3 is 9.80 Å². The number of hydrogen-bond donors (Lipinski definition) is 0. The van der Waals surface area contributed by atoms with Crippen LogP contribution in [0.25, 0.3) is 54.6 Å². The second-order valence-electron chi connectivity index (χ2n) is 18.6. The van der Waals surface area contributed by atoms with Crippen molar-refractivity contribution in [2.45, 2.75) is 33.1 Å². The highest BCUT2D eigenvalue weighted by Crippen LogP contribution is 2.67. The summed E-state index contributed by atoms with van der Waals surface area (Å²) in [5.74, 6) is 0. The maximum atomic E-state index is 2.46. The fourth-order valence-corrected chi connectivity index (χ4v) is 11.7. The van der Waals surface area contributed by atoms with Crippen LogP contribution in [0.5, 0.6) is 0 Å². The summed E-state index contributed by atoms with van der Waals surface area (Å²) in [6.45, 7) is 8.79. The van der Waals surface area contributed by atoms with E-state index >= 15 is 0 Å². The number of aryl methyl sites for hydroxylation is 4. The van der Waals surface area contributed by atoms with E-state index in [1.54, 1.807) is 0 Å². The molecule has 0 amide bonds. The Bertz CT molecular complexity index is 3760. The topological polar surface area (TPSA) is 6.48 Å². The Morgan fingerprint density at radius 1 is 0.284 bits per heavy atom. The molecule has 0 fully saturated rings. The minimum atomic E-state index is -0.580. The van der Waals surface area contributed by atoms with Gasteiger partial charge in [-0.3, -0.25) is 0 Å². The Kier molecular flexibility index (Phi) is 8.73. The molecule has 11 aromatic rings. The highest BCUT2D eigenvalue weighted by Gasteiger charge is 2.53. The van der Waals surface area contributed by atoms with Gasteiger partial charge in [0, 0.05) is 34.1 Å². The van der Waals surface area contributed by atoms with Crippen LogP contribution in [0.1, 0.15) is 44.5 Å². The molecule has 0 saturated heterocycles. The van der Waals surface area contributed by atoms with E-state index in [9.17, 15) is 0 Å². The summed E-state index contributed by atoms with van der Waals surface area (Å²) < 4.78 is 0. The van der Waals surface area contributed by atoms with E-state index in [0.29, 0.717) is 0 Å². The molecule has 0 atom stereocenters. The summed E-state index contributed by atoms with van der Waals surface area (Å²) in [4.78, 5) is 4.82. The Morgan fingerprint density at radius 2 is 0.761 bits per heavy atom. The molecule has 2 nitrogen and oxygen atoms in total. The van der Waals surface area contributed by atoms with Gasteiger partial charge in [-0.2, -0.15) is 0 Å². The Hall–Kier alpha value is -8.20. The monoisotopic (exact) mass is 856 g/mol. The van der Waals surface area contributed by atoms with E-state index < -0.39 is 5.41 Å². The van der Waals surface area contributed by atoms with Crippen LogP contribution in [0.4, 0.5) is 34.1 Å². The lowest BCUT2D eigenvalue weighted by Crippen LogP contribution is -2.26. The van der Waals surface area contributed by atoms with Crippen LogP contribution in [0, 0.1) is 27.7 Å². The molecule has 0 bridgehead atoms. The predicted molar refractivity (Wildman–Crippen MR) is 284 cm³/mol. The van der Waals surface area contributed by atoms with Crippen LogP contribution in [0.15, 0.2) is 218 Å². The summed E-state index contributed by atoms with van der Waals surface area (Å²) in [6.07, 6.45) is 0. The first kappa shape index (κ1) is 39.2. The van der Waals surface area contributed by atoms with Crippen molar-refractivity contribution in [3.05, 3.63) is 263 Å². The van der Waals surface area contributed by atoms with Gasteiger partial charge in [-0.05, 0) is 200 Å². The first-order valence-electron chi connectivity index (χ1n) is 23.5. The van der Waals surface area contributed by atoms with Crippen molar-refractivity contribution in [3.8, 4) is 22.3 Å². The number of hydrogen-bond acceptors (Lipinski definition) is 2. The molecule has 2 aliphatic rings. The van der Waals surface area contributed by atoms with Gasteiger partial charge in [0.25, 0.3) is 0 Å². The molecule has 11 aromatic carbocycles. The summed E-state index contributed by atoms with van der Waals surface area (Å²) in [5.41, 5.74) is 22.1. The molecule has 0 radical (unpaired) electrons. The zero-order chi connectivity index (χ0) is 45.0. The lowest BCUT2D eigenvalue weighted by atomic mass is 9.68. The number of nitrogens with zero attached hydrogens (tertiary/aromatic N) is 2. The number of para-hydroxylation sites is 2. The van der Waals surface area contributed by atoms with Crippen molar-refractivity contribution in [3.63, 3.8) is 0 Å². The van der Waals surface area contributed by atoms with Crippen LogP contribution in [-0.2, 0) is 5.41 Å². The lowest BCUT2D eigenvalue weighted by Gasteiger charge is -2.33. The summed E-state index contributed by atoms with van der Waals surface area (Å²) in [5, 5.41) is 7.57. The Labute approximate surface area is 392 Å². The third-order valence-electron chi connectivity index (χ3n) is 15.0. The van der Waals surface area contributed by atoms with Gasteiger partial charge >= 0.3 is 0 Å². The molecule has 0 aromatic heterocycles. The first-order chi connectivity index (χ1) is 32.9. The molecule has 0 unspecified atom stereocenters. The molecule has 318 valence electrons. The average Bonchev–Trinajstić information content (AvgIpc) is 3.85. The van der Waals surface area contributed by atoms with Crippen molar-refractivity contribution in [2.24, 2.45) is 0 Å². The van der Waals surface area contributed by atoms with Gasteiger partial charge in [0.05, 0.1) is 5.41 Å². The number of benzene rings is 11. The normalized spacial score (nSPS) is 12.9. The lowest BCUT2D eigenvalue weighted by molar-refractivity contribution is 0.809. The minimum absolute atomic E-state index is 0.580. The maximum absolute atomic E-state index is 2.46. The first-order valence-corrected chi connectivity index (χ1v) is 23.5. The molecule has 0 N–H and O–H groups in total. The van der Waals surface area contributed by atoms with E-state index in [-0.39, 0.29) is 0 Å². The molecule has 0 saturated carbocycles. The summed E-state index contributed by atoms with van der Waals surface area (Å²) >= 11 is 0. The zero-order valence-corrected chi connectivity index (χ0v) is 38.2. The van der Waals surface area contributed by atoms with Gasteiger partial charge in [-0.25, -0.2) is 0 Å². The molecule has 0 aliphatic heterocycles. The number of rotatable bonds is 6. The Morgan fingerprint density at radius 3 is 1.34 bits per heavy atom. The van der Waals surface area contributed by atoms with Crippen LogP contribution >= 0.6 is 0 Å². The molecular formula is C65H48N2.